The first-order chi connectivity index (χ1) is 7.04. The van der Waals surface area contributed by atoms with Gasteiger partial charge in [-0.15, -0.1) is 0 Å². The zero-order valence-corrected chi connectivity index (χ0v) is 8.23. The van der Waals surface area contributed by atoms with Crippen LogP contribution in [0, 0.1) is 11.3 Å². The smallest absolute Gasteiger partial charge is 0.258 e. The predicted molar refractivity (Wildman–Crippen MR) is 54.9 cm³/mol. The molecule has 78 valence electrons. The summed E-state index contributed by atoms with van der Waals surface area (Å²) in [5.41, 5.74) is 11.3. The van der Waals surface area contributed by atoms with Gasteiger partial charge in [0.1, 0.15) is 11.8 Å². The van der Waals surface area contributed by atoms with Crippen molar-refractivity contribution in [1.29, 1.82) is 5.26 Å². The molecule has 0 aliphatic rings. The van der Waals surface area contributed by atoms with E-state index < -0.39 is 12.0 Å². The standard InChI is InChI=1S/C10H11N3O2/c1-6(10(13)14)15-9-3-2-8(12)4-7(9)5-11/h2-4,6H,12H2,1H3,(H2,13,14). The van der Waals surface area contributed by atoms with Gasteiger partial charge >= 0.3 is 0 Å². The topological polar surface area (TPSA) is 102 Å². The Bertz CT molecular complexity index is 423. The second kappa shape index (κ2) is 4.33. The minimum atomic E-state index is -0.777. The largest absolute Gasteiger partial charge is 0.480 e. The SMILES string of the molecule is CC(Oc1ccc(N)cc1C#N)C(N)=O. The molecule has 1 rings (SSSR count). The Kier molecular flexibility index (Phi) is 3.13. The van der Waals surface area contributed by atoms with E-state index in [4.69, 9.17) is 21.5 Å². The first kappa shape index (κ1) is 10.9. The Labute approximate surface area is 87.2 Å². The van der Waals surface area contributed by atoms with Gasteiger partial charge in [-0.25, -0.2) is 0 Å². The van der Waals surface area contributed by atoms with Crippen molar-refractivity contribution in [2.24, 2.45) is 5.73 Å². The lowest BCUT2D eigenvalue weighted by Gasteiger charge is -2.12. The molecule has 0 radical (unpaired) electrons. The van der Waals surface area contributed by atoms with Crippen molar-refractivity contribution >= 4 is 11.6 Å². The summed E-state index contributed by atoms with van der Waals surface area (Å²) in [4.78, 5) is 10.8. The summed E-state index contributed by atoms with van der Waals surface area (Å²) in [6.07, 6.45) is -0.777. The van der Waals surface area contributed by atoms with Crippen LogP contribution in [0.4, 0.5) is 5.69 Å². The number of carbonyl (C=O) groups is 1. The summed E-state index contributed by atoms with van der Waals surface area (Å²) < 4.78 is 5.20. The molecule has 1 aromatic carbocycles. The van der Waals surface area contributed by atoms with Gasteiger partial charge in [0.05, 0.1) is 5.56 Å². The van der Waals surface area contributed by atoms with Crippen LogP contribution >= 0.6 is 0 Å². The highest BCUT2D eigenvalue weighted by Crippen LogP contribution is 2.21. The molecule has 1 amide bonds. The van der Waals surface area contributed by atoms with Crippen molar-refractivity contribution in [3.63, 3.8) is 0 Å². The highest BCUT2D eigenvalue weighted by atomic mass is 16.5. The van der Waals surface area contributed by atoms with Crippen molar-refractivity contribution in [2.75, 3.05) is 5.73 Å². The first-order valence-corrected chi connectivity index (χ1v) is 4.30. The number of nitriles is 1. The molecule has 1 unspecified atom stereocenters. The molecule has 5 nitrogen and oxygen atoms in total. The number of amides is 1. The molecule has 15 heavy (non-hydrogen) atoms. The minimum absolute atomic E-state index is 0.281. The van der Waals surface area contributed by atoms with Crippen LogP contribution in [0.5, 0.6) is 5.75 Å². The number of hydrogen-bond acceptors (Lipinski definition) is 4. The van der Waals surface area contributed by atoms with Crippen LogP contribution in [0.3, 0.4) is 0 Å². The Morgan fingerprint density at radius 1 is 1.60 bits per heavy atom. The summed E-state index contributed by atoms with van der Waals surface area (Å²) in [5.74, 6) is -0.284. The first-order valence-electron chi connectivity index (χ1n) is 4.30. The Balaban J connectivity index is 2.96. The van der Waals surface area contributed by atoms with Crippen LogP contribution in [0.25, 0.3) is 0 Å². The summed E-state index contributed by atoms with van der Waals surface area (Å²) in [6, 6.07) is 6.52. The van der Waals surface area contributed by atoms with Gasteiger partial charge in [-0.3, -0.25) is 4.79 Å². The van der Waals surface area contributed by atoms with E-state index in [9.17, 15) is 4.79 Å². The summed E-state index contributed by atoms with van der Waals surface area (Å²) in [7, 11) is 0. The fourth-order valence-corrected chi connectivity index (χ4v) is 0.986. The van der Waals surface area contributed by atoms with E-state index in [1.165, 1.54) is 19.1 Å². The number of nitrogens with two attached hydrogens (primary N) is 2. The molecule has 0 saturated heterocycles. The second-order valence-corrected chi connectivity index (χ2v) is 3.03. The van der Waals surface area contributed by atoms with E-state index in [2.05, 4.69) is 0 Å². The maximum absolute atomic E-state index is 10.8. The van der Waals surface area contributed by atoms with Gasteiger partial charge in [-0.1, -0.05) is 0 Å². The highest BCUT2D eigenvalue weighted by molar-refractivity contribution is 5.78. The number of carbonyl (C=O) groups excluding carboxylic acids is 1. The number of nitrogens with zero attached hydrogens (tertiary/aromatic N) is 1. The van der Waals surface area contributed by atoms with Crippen molar-refractivity contribution in [3.05, 3.63) is 23.8 Å². The van der Waals surface area contributed by atoms with E-state index >= 15 is 0 Å². The monoisotopic (exact) mass is 205 g/mol. The fraction of sp³-hybridized carbons (Fsp3) is 0.200. The van der Waals surface area contributed by atoms with Gasteiger partial charge in [0, 0.05) is 5.69 Å². The molecule has 0 fully saturated rings. The van der Waals surface area contributed by atoms with Gasteiger partial charge < -0.3 is 16.2 Å². The van der Waals surface area contributed by atoms with E-state index in [0.717, 1.165) is 0 Å². The van der Waals surface area contributed by atoms with E-state index in [1.54, 1.807) is 6.07 Å². The van der Waals surface area contributed by atoms with E-state index in [0.29, 0.717) is 11.4 Å². The third kappa shape index (κ3) is 2.61. The molecule has 0 bridgehead atoms. The molecule has 0 aromatic heterocycles. The van der Waals surface area contributed by atoms with Gasteiger partial charge in [0.15, 0.2) is 6.10 Å². The Morgan fingerprint density at radius 3 is 2.80 bits per heavy atom. The predicted octanol–water partition coefficient (Wildman–Crippen LogP) is 0.393. The molecule has 5 heteroatoms. The van der Waals surface area contributed by atoms with E-state index in [1.807, 2.05) is 6.07 Å². The molecule has 0 spiro atoms. The molecule has 0 heterocycles. The summed E-state index contributed by atoms with van der Waals surface area (Å²) in [6.45, 7) is 1.51. The van der Waals surface area contributed by atoms with Gasteiger partial charge in [-0.2, -0.15) is 5.26 Å². The molecule has 0 aliphatic carbocycles. The Morgan fingerprint density at radius 2 is 2.27 bits per heavy atom. The lowest BCUT2D eigenvalue weighted by molar-refractivity contribution is -0.123. The van der Waals surface area contributed by atoms with E-state index in [-0.39, 0.29) is 5.56 Å². The molecule has 1 atom stereocenters. The number of hydrogen-bond donors (Lipinski definition) is 2. The Hall–Kier alpha value is -2.22. The number of ether oxygens (including phenoxy) is 1. The lowest BCUT2D eigenvalue weighted by atomic mass is 10.2. The number of benzene rings is 1. The molecule has 4 N–H and O–H groups in total. The van der Waals surface area contributed by atoms with Gasteiger partial charge in [0.25, 0.3) is 5.91 Å². The maximum Gasteiger partial charge on any atom is 0.258 e. The maximum atomic E-state index is 10.8. The molecular weight excluding hydrogens is 194 g/mol. The van der Waals surface area contributed by atoms with Crippen LogP contribution in [-0.4, -0.2) is 12.0 Å². The third-order valence-corrected chi connectivity index (χ3v) is 1.83. The molecule has 1 aromatic rings. The molecule has 0 aliphatic heterocycles. The van der Waals surface area contributed by atoms with Gasteiger partial charge in [0.2, 0.25) is 0 Å². The van der Waals surface area contributed by atoms with Crippen LogP contribution in [0.1, 0.15) is 12.5 Å². The number of primary amides is 1. The van der Waals surface area contributed by atoms with Gasteiger partial charge in [-0.05, 0) is 25.1 Å². The number of nitrogen functional groups attached to an aromatic ring is 1. The quantitative estimate of drug-likeness (QED) is 0.697. The van der Waals surface area contributed by atoms with Crippen molar-refractivity contribution in [2.45, 2.75) is 13.0 Å². The average molecular weight is 205 g/mol. The summed E-state index contributed by atoms with van der Waals surface area (Å²) in [5, 5.41) is 8.79. The highest BCUT2D eigenvalue weighted by Gasteiger charge is 2.12. The molecule has 0 saturated carbocycles. The van der Waals surface area contributed by atoms with Crippen LogP contribution in [0.2, 0.25) is 0 Å². The number of anilines is 1. The second-order valence-electron chi connectivity index (χ2n) is 3.03. The average Bonchev–Trinajstić information content (AvgIpc) is 2.20. The minimum Gasteiger partial charge on any atom is -0.480 e. The number of rotatable bonds is 3. The summed E-state index contributed by atoms with van der Waals surface area (Å²) >= 11 is 0. The van der Waals surface area contributed by atoms with Crippen molar-refractivity contribution < 1.29 is 9.53 Å². The molecular formula is C10H11N3O2. The zero-order chi connectivity index (χ0) is 11.4. The fourth-order valence-electron chi connectivity index (χ4n) is 0.986. The van der Waals surface area contributed by atoms with Crippen molar-refractivity contribution in [1.82, 2.24) is 0 Å². The van der Waals surface area contributed by atoms with Crippen molar-refractivity contribution in [3.8, 4) is 11.8 Å². The van der Waals surface area contributed by atoms with Crippen LogP contribution in [-0.2, 0) is 4.79 Å². The van der Waals surface area contributed by atoms with Crippen LogP contribution < -0.4 is 16.2 Å². The van der Waals surface area contributed by atoms with Crippen LogP contribution in [0.15, 0.2) is 18.2 Å². The third-order valence-electron chi connectivity index (χ3n) is 1.83. The lowest BCUT2D eigenvalue weighted by Crippen LogP contribution is -2.30. The zero-order valence-electron chi connectivity index (χ0n) is 8.23. The normalized spacial score (nSPS) is 11.5.